The van der Waals surface area contributed by atoms with Crippen molar-refractivity contribution in [1.29, 1.82) is 0 Å². The average Bonchev–Trinajstić information content (AvgIpc) is 3.08. The van der Waals surface area contributed by atoms with Gasteiger partial charge in [-0.05, 0) is 24.6 Å². The first kappa shape index (κ1) is 25.7. The van der Waals surface area contributed by atoms with Gasteiger partial charge < -0.3 is 34.5 Å². The Labute approximate surface area is 195 Å². The molecule has 0 radical (unpaired) electrons. The summed E-state index contributed by atoms with van der Waals surface area (Å²) in [5.74, 6) is 1.05. The van der Waals surface area contributed by atoms with Crippen molar-refractivity contribution in [3.05, 3.63) is 23.8 Å². The van der Waals surface area contributed by atoms with Crippen LogP contribution in [-0.2, 0) is 20.8 Å². The van der Waals surface area contributed by atoms with Crippen LogP contribution in [0.3, 0.4) is 0 Å². The summed E-state index contributed by atoms with van der Waals surface area (Å²) in [5.41, 5.74) is -0.423. The van der Waals surface area contributed by atoms with Gasteiger partial charge in [-0.3, -0.25) is 14.6 Å². The van der Waals surface area contributed by atoms with E-state index in [0.29, 0.717) is 37.8 Å². The zero-order valence-electron chi connectivity index (χ0n) is 19.6. The number of carbonyl (C=O) groups excluding carboxylic acids is 1. The predicted octanol–water partition coefficient (Wildman–Crippen LogP) is -0.533. The number of aliphatic hydroxyl groups excluding tert-OH is 1. The van der Waals surface area contributed by atoms with Crippen molar-refractivity contribution < 1.29 is 34.0 Å². The number of β-amino-alcohol motifs (C(OH)–C–C–N with tert-alkyl or cyclic N) is 2. The SMILES string of the molecule is CCOc1cc(CN2C[C@@H](O)[C@](O)(CNC(=O)COC)C2)ccc1OCCN1CCOCC1. The molecule has 0 spiro atoms. The van der Waals surface area contributed by atoms with Crippen LogP contribution in [0, 0.1) is 0 Å². The van der Waals surface area contributed by atoms with E-state index in [1.807, 2.05) is 30.0 Å². The van der Waals surface area contributed by atoms with Crippen molar-refractivity contribution in [3.8, 4) is 11.5 Å². The van der Waals surface area contributed by atoms with Crippen molar-refractivity contribution in [3.63, 3.8) is 0 Å². The maximum atomic E-state index is 11.6. The zero-order valence-corrected chi connectivity index (χ0v) is 19.6. The lowest BCUT2D eigenvalue weighted by Gasteiger charge is -2.26. The van der Waals surface area contributed by atoms with Gasteiger partial charge in [-0.15, -0.1) is 0 Å². The molecule has 2 aliphatic heterocycles. The van der Waals surface area contributed by atoms with Crippen LogP contribution in [0.25, 0.3) is 0 Å². The molecule has 2 aliphatic rings. The number of aliphatic hydroxyl groups is 2. The number of morpholine rings is 1. The Morgan fingerprint density at radius 3 is 2.76 bits per heavy atom. The molecule has 0 saturated carbocycles. The molecule has 0 unspecified atom stereocenters. The van der Waals surface area contributed by atoms with Gasteiger partial charge >= 0.3 is 0 Å². The van der Waals surface area contributed by atoms with Crippen molar-refractivity contribution in [2.24, 2.45) is 0 Å². The lowest BCUT2D eigenvalue weighted by molar-refractivity contribution is -0.126. The van der Waals surface area contributed by atoms with Gasteiger partial charge in [0.2, 0.25) is 5.91 Å². The smallest absolute Gasteiger partial charge is 0.246 e. The number of carbonyl (C=O) groups is 1. The number of ether oxygens (including phenoxy) is 4. The molecule has 1 aromatic carbocycles. The fourth-order valence-electron chi connectivity index (χ4n) is 4.11. The molecule has 3 rings (SSSR count). The summed E-state index contributed by atoms with van der Waals surface area (Å²) in [6, 6.07) is 5.82. The van der Waals surface area contributed by atoms with Gasteiger partial charge in [-0.25, -0.2) is 0 Å². The molecule has 10 heteroatoms. The Hall–Kier alpha value is -1.95. The molecule has 2 atom stereocenters. The molecular weight excluding hydrogens is 430 g/mol. The Kier molecular flexibility index (Phi) is 9.72. The summed E-state index contributed by atoms with van der Waals surface area (Å²) in [4.78, 5) is 15.9. The Morgan fingerprint density at radius 1 is 1.24 bits per heavy atom. The molecule has 0 bridgehead atoms. The molecule has 1 amide bonds. The first-order chi connectivity index (χ1) is 15.9. The Morgan fingerprint density at radius 2 is 2.03 bits per heavy atom. The summed E-state index contributed by atoms with van der Waals surface area (Å²) in [5, 5.41) is 23.8. The molecule has 2 fully saturated rings. The number of nitrogens with one attached hydrogen (secondary N) is 1. The summed E-state index contributed by atoms with van der Waals surface area (Å²) < 4.78 is 21.9. The summed E-state index contributed by atoms with van der Waals surface area (Å²) >= 11 is 0. The minimum atomic E-state index is -1.41. The van der Waals surface area contributed by atoms with Crippen LogP contribution in [0.2, 0.25) is 0 Å². The van der Waals surface area contributed by atoms with Gasteiger partial charge in [0, 0.05) is 46.4 Å². The number of likely N-dealkylation sites (tertiary alicyclic amines) is 1. The number of hydrogen-bond acceptors (Lipinski definition) is 9. The average molecular weight is 468 g/mol. The number of nitrogens with zero attached hydrogens (tertiary/aromatic N) is 2. The maximum absolute atomic E-state index is 11.6. The molecule has 3 N–H and O–H groups in total. The second-order valence-corrected chi connectivity index (χ2v) is 8.52. The van der Waals surface area contributed by atoms with Crippen molar-refractivity contribution in [1.82, 2.24) is 15.1 Å². The Balaban J connectivity index is 1.54. The van der Waals surface area contributed by atoms with Crippen molar-refractivity contribution >= 4 is 5.91 Å². The number of amides is 1. The van der Waals surface area contributed by atoms with E-state index in [2.05, 4.69) is 10.2 Å². The van der Waals surface area contributed by atoms with E-state index >= 15 is 0 Å². The molecular formula is C23H37N3O7. The third-order valence-electron chi connectivity index (χ3n) is 5.90. The minimum absolute atomic E-state index is 0.0347. The second kappa shape index (κ2) is 12.5. The molecule has 0 aromatic heterocycles. The van der Waals surface area contributed by atoms with Gasteiger partial charge in [-0.2, -0.15) is 0 Å². The number of benzene rings is 1. The van der Waals surface area contributed by atoms with E-state index in [-0.39, 0.29) is 25.6 Å². The monoisotopic (exact) mass is 467 g/mol. The molecule has 0 aliphatic carbocycles. The molecule has 1 aromatic rings. The van der Waals surface area contributed by atoms with Crippen molar-refractivity contribution in [2.75, 3.05) is 79.4 Å². The van der Waals surface area contributed by atoms with Crippen LogP contribution in [0.5, 0.6) is 11.5 Å². The van der Waals surface area contributed by atoms with E-state index in [1.165, 1.54) is 7.11 Å². The molecule has 186 valence electrons. The van der Waals surface area contributed by atoms with Crippen LogP contribution in [0.4, 0.5) is 0 Å². The highest BCUT2D eigenvalue weighted by Gasteiger charge is 2.44. The first-order valence-corrected chi connectivity index (χ1v) is 11.5. The van der Waals surface area contributed by atoms with Gasteiger partial charge in [0.25, 0.3) is 0 Å². The van der Waals surface area contributed by atoms with Gasteiger partial charge in [0.1, 0.15) is 18.8 Å². The fraction of sp³-hybridized carbons (Fsp3) is 0.696. The van der Waals surface area contributed by atoms with E-state index in [9.17, 15) is 15.0 Å². The Bertz CT molecular complexity index is 760. The molecule has 33 heavy (non-hydrogen) atoms. The maximum Gasteiger partial charge on any atom is 0.246 e. The summed E-state index contributed by atoms with van der Waals surface area (Å²) in [7, 11) is 1.43. The van der Waals surface area contributed by atoms with E-state index in [4.69, 9.17) is 18.9 Å². The van der Waals surface area contributed by atoms with Gasteiger partial charge in [-0.1, -0.05) is 6.07 Å². The van der Waals surface area contributed by atoms with Crippen LogP contribution in [0.15, 0.2) is 18.2 Å². The van der Waals surface area contributed by atoms with E-state index in [0.717, 1.165) is 38.4 Å². The van der Waals surface area contributed by atoms with Gasteiger partial charge in [0.15, 0.2) is 11.5 Å². The highest BCUT2D eigenvalue weighted by Crippen LogP contribution is 2.30. The number of methoxy groups -OCH3 is 1. The fourth-order valence-corrected chi connectivity index (χ4v) is 4.11. The largest absolute Gasteiger partial charge is 0.490 e. The topological polar surface area (TPSA) is 113 Å². The minimum Gasteiger partial charge on any atom is -0.490 e. The standard InChI is InChI=1S/C23H37N3O7/c1-3-32-20-12-18(4-5-19(20)33-11-8-25-6-9-31-10-7-25)13-26-14-21(27)23(29,17-26)16-24-22(28)15-30-2/h4-5,12,21,27,29H,3,6-11,13-17H2,1-2H3,(H,24,28)/t21-,23+/m1/s1. The lowest BCUT2D eigenvalue weighted by Crippen LogP contribution is -2.51. The normalized spacial score (nSPS) is 24.1. The highest BCUT2D eigenvalue weighted by molar-refractivity contribution is 5.77. The molecule has 2 heterocycles. The number of rotatable bonds is 12. The third-order valence-corrected chi connectivity index (χ3v) is 5.90. The van der Waals surface area contributed by atoms with E-state index in [1.54, 1.807) is 0 Å². The van der Waals surface area contributed by atoms with E-state index < -0.39 is 11.7 Å². The first-order valence-electron chi connectivity index (χ1n) is 11.5. The van der Waals surface area contributed by atoms with Gasteiger partial charge in [0.05, 0.1) is 32.5 Å². The highest BCUT2D eigenvalue weighted by atomic mass is 16.5. The molecule has 2 saturated heterocycles. The molecule has 10 nitrogen and oxygen atoms in total. The second-order valence-electron chi connectivity index (χ2n) is 8.52. The number of hydrogen-bond donors (Lipinski definition) is 3. The summed E-state index contributed by atoms with van der Waals surface area (Å²) in [6.45, 7) is 8.17. The van der Waals surface area contributed by atoms with Crippen LogP contribution >= 0.6 is 0 Å². The van der Waals surface area contributed by atoms with Crippen LogP contribution in [-0.4, -0.2) is 117 Å². The zero-order chi connectivity index (χ0) is 23.7. The lowest BCUT2D eigenvalue weighted by atomic mass is 10.0. The summed E-state index contributed by atoms with van der Waals surface area (Å²) in [6.07, 6.45) is -0.963. The predicted molar refractivity (Wildman–Crippen MR) is 121 cm³/mol. The quantitative estimate of drug-likeness (QED) is 0.373. The third kappa shape index (κ3) is 7.53. The van der Waals surface area contributed by atoms with Crippen molar-refractivity contribution in [2.45, 2.75) is 25.2 Å². The van der Waals surface area contributed by atoms with Crippen LogP contribution in [0.1, 0.15) is 12.5 Å². The van der Waals surface area contributed by atoms with Crippen LogP contribution < -0.4 is 14.8 Å².